The summed E-state index contributed by atoms with van der Waals surface area (Å²) < 4.78 is 0. The van der Waals surface area contributed by atoms with Crippen LogP contribution in [0.2, 0.25) is 0 Å². The number of nitrogens with one attached hydrogen (secondary N) is 2. The van der Waals surface area contributed by atoms with Crippen LogP contribution in [-0.4, -0.2) is 48.9 Å². The maximum Gasteiger partial charge on any atom is 0.240 e. The number of carbonyl (C=O) groups is 2. The van der Waals surface area contributed by atoms with Gasteiger partial charge in [0.15, 0.2) is 0 Å². The second kappa shape index (κ2) is 6.57. The van der Waals surface area contributed by atoms with Crippen molar-refractivity contribution in [3.63, 3.8) is 0 Å². The Hall–Kier alpha value is -1.10. The first-order chi connectivity index (χ1) is 9.20. The Morgan fingerprint density at radius 2 is 2.00 bits per heavy atom. The lowest BCUT2D eigenvalue weighted by Gasteiger charge is -2.38. The molecule has 0 bridgehead atoms. The van der Waals surface area contributed by atoms with Gasteiger partial charge in [-0.2, -0.15) is 0 Å². The van der Waals surface area contributed by atoms with Crippen LogP contribution in [0.25, 0.3) is 0 Å². The third-order valence-electron chi connectivity index (χ3n) is 3.84. The quantitative estimate of drug-likeness (QED) is 0.813. The van der Waals surface area contributed by atoms with E-state index in [1.807, 2.05) is 27.7 Å². The van der Waals surface area contributed by atoms with Crippen LogP contribution in [0.3, 0.4) is 0 Å². The van der Waals surface area contributed by atoms with E-state index in [4.69, 9.17) is 0 Å². The van der Waals surface area contributed by atoms with Crippen LogP contribution >= 0.6 is 0 Å². The molecule has 1 rings (SSSR count). The normalized spacial score (nSPS) is 23.2. The summed E-state index contributed by atoms with van der Waals surface area (Å²) in [5, 5.41) is 6.20. The molecule has 20 heavy (non-hydrogen) atoms. The number of hydrogen-bond acceptors (Lipinski definition) is 3. The molecule has 0 saturated carbocycles. The summed E-state index contributed by atoms with van der Waals surface area (Å²) in [4.78, 5) is 26.2. The summed E-state index contributed by atoms with van der Waals surface area (Å²) in [5.41, 5.74) is -0.606. The number of carbonyl (C=O) groups excluding carboxylic acids is 2. The Morgan fingerprint density at radius 3 is 2.45 bits per heavy atom. The van der Waals surface area contributed by atoms with E-state index >= 15 is 0 Å². The largest absolute Gasteiger partial charge is 0.350 e. The molecule has 116 valence electrons. The van der Waals surface area contributed by atoms with Crippen molar-refractivity contribution in [1.82, 2.24) is 15.5 Å². The number of likely N-dealkylation sites (N-methyl/N-ethyl adjacent to an activating group) is 1. The zero-order chi connectivity index (χ0) is 15.4. The molecular weight excluding hydrogens is 254 g/mol. The summed E-state index contributed by atoms with van der Waals surface area (Å²) in [7, 11) is 1.72. The summed E-state index contributed by atoms with van der Waals surface area (Å²) >= 11 is 0. The maximum atomic E-state index is 12.7. The molecule has 1 aliphatic rings. The minimum Gasteiger partial charge on any atom is -0.350 e. The van der Waals surface area contributed by atoms with Crippen LogP contribution < -0.4 is 10.6 Å². The van der Waals surface area contributed by atoms with E-state index in [2.05, 4.69) is 10.6 Å². The highest BCUT2D eigenvalue weighted by Crippen LogP contribution is 2.31. The van der Waals surface area contributed by atoms with Gasteiger partial charge >= 0.3 is 0 Å². The standard InChI is InChI=1S/C15H29N3O2/c1-6-15(8-7-9-16-11-15)13(20)18(5)10-12(19)17-14(2,3)4/h16H,6-11H2,1-5H3,(H,17,19). The minimum absolute atomic E-state index is 0.0799. The predicted molar refractivity (Wildman–Crippen MR) is 80.4 cm³/mol. The van der Waals surface area contributed by atoms with E-state index in [1.165, 1.54) is 0 Å². The fraction of sp³-hybridized carbons (Fsp3) is 0.867. The predicted octanol–water partition coefficient (Wildman–Crippen LogP) is 1.14. The van der Waals surface area contributed by atoms with Crippen molar-refractivity contribution < 1.29 is 9.59 Å². The molecule has 1 fully saturated rings. The van der Waals surface area contributed by atoms with Crippen LogP contribution in [0.5, 0.6) is 0 Å². The van der Waals surface area contributed by atoms with Crippen molar-refractivity contribution in [1.29, 1.82) is 0 Å². The van der Waals surface area contributed by atoms with Gasteiger partial charge in [-0.25, -0.2) is 0 Å². The molecular formula is C15H29N3O2. The van der Waals surface area contributed by atoms with Gasteiger partial charge in [-0.05, 0) is 46.6 Å². The molecule has 5 nitrogen and oxygen atoms in total. The van der Waals surface area contributed by atoms with Gasteiger partial charge in [0, 0.05) is 19.1 Å². The molecule has 1 saturated heterocycles. The smallest absolute Gasteiger partial charge is 0.240 e. The van der Waals surface area contributed by atoms with Crippen LogP contribution in [0.4, 0.5) is 0 Å². The molecule has 0 aliphatic carbocycles. The lowest BCUT2D eigenvalue weighted by Crippen LogP contribution is -2.53. The minimum atomic E-state index is -0.338. The van der Waals surface area contributed by atoms with Gasteiger partial charge in [-0.15, -0.1) is 0 Å². The second-order valence-corrected chi connectivity index (χ2v) is 6.87. The molecule has 0 aromatic heterocycles. The number of amides is 2. The Kier molecular flexibility index (Phi) is 5.57. The molecule has 0 spiro atoms. The van der Waals surface area contributed by atoms with Gasteiger partial charge < -0.3 is 15.5 Å². The van der Waals surface area contributed by atoms with Crippen molar-refractivity contribution in [2.24, 2.45) is 5.41 Å². The summed E-state index contributed by atoms with van der Waals surface area (Å²) in [6.07, 6.45) is 2.73. The van der Waals surface area contributed by atoms with Gasteiger partial charge in [0.1, 0.15) is 0 Å². The molecule has 2 amide bonds. The van der Waals surface area contributed by atoms with Crippen LogP contribution in [0.15, 0.2) is 0 Å². The Labute approximate surface area is 122 Å². The number of piperidine rings is 1. The van der Waals surface area contributed by atoms with Crippen LogP contribution in [0.1, 0.15) is 47.0 Å². The average Bonchev–Trinajstić information content (AvgIpc) is 2.36. The second-order valence-electron chi connectivity index (χ2n) is 6.87. The molecule has 1 heterocycles. The van der Waals surface area contributed by atoms with Crippen molar-refractivity contribution in [2.75, 3.05) is 26.7 Å². The Bertz CT molecular complexity index is 355. The summed E-state index contributed by atoms with van der Waals surface area (Å²) in [6.45, 7) is 9.67. The summed E-state index contributed by atoms with van der Waals surface area (Å²) in [5.74, 6) is -0.0281. The first kappa shape index (κ1) is 17.0. The topological polar surface area (TPSA) is 61.4 Å². The summed E-state index contributed by atoms with van der Waals surface area (Å²) in [6, 6.07) is 0. The fourth-order valence-electron chi connectivity index (χ4n) is 2.75. The zero-order valence-electron chi connectivity index (χ0n) is 13.5. The van der Waals surface area contributed by atoms with E-state index in [9.17, 15) is 9.59 Å². The van der Waals surface area contributed by atoms with E-state index < -0.39 is 0 Å². The van der Waals surface area contributed by atoms with Gasteiger partial charge in [-0.3, -0.25) is 9.59 Å². The highest BCUT2D eigenvalue weighted by molar-refractivity contribution is 5.88. The number of hydrogen-bond donors (Lipinski definition) is 2. The molecule has 1 unspecified atom stereocenters. The SMILES string of the molecule is CCC1(C(=O)N(C)CC(=O)NC(C)(C)C)CCCNC1. The van der Waals surface area contributed by atoms with Gasteiger partial charge in [0.05, 0.1) is 12.0 Å². The van der Waals surface area contributed by atoms with Gasteiger partial charge in [0.25, 0.3) is 0 Å². The van der Waals surface area contributed by atoms with Gasteiger partial charge in [0.2, 0.25) is 11.8 Å². The monoisotopic (exact) mass is 283 g/mol. The molecule has 0 radical (unpaired) electrons. The van der Waals surface area contributed by atoms with E-state index in [0.717, 1.165) is 25.8 Å². The first-order valence-electron chi connectivity index (χ1n) is 7.47. The third-order valence-corrected chi connectivity index (χ3v) is 3.84. The molecule has 5 heteroatoms. The Balaban J connectivity index is 2.63. The molecule has 0 aromatic carbocycles. The van der Waals surface area contributed by atoms with Gasteiger partial charge in [-0.1, -0.05) is 6.92 Å². The average molecular weight is 283 g/mol. The lowest BCUT2D eigenvalue weighted by molar-refractivity contribution is -0.145. The fourth-order valence-corrected chi connectivity index (χ4v) is 2.75. The first-order valence-corrected chi connectivity index (χ1v) is 7.47. The molecule has 1 atom stereocenters. The highest BCUT2D eigenvalue weighted by Gasteiger charge is 2.40. The number of nitrogens with zero attached hydrogens (tertiary/aromatic N) is 1. The van der Waals surface area contributed by atoms with Crippen molar-refractivity contribution in [3.05, 3.63) is 0 Å². The van der Waals surface area contributed by atoms with E-state index in [-0.39, 0.29) is 29.3 Å². The van der Waals surface area contributed by atoms with Crippen molar-refractivity contribution >= 4 is 11.8 Å². The molecule has 2 N–H and O–H groups in total. The lowest BCUT2D eigenvalue weighted by atomic mass is 9.77. The molecule has 0 aromatic rings. The van der Waals surface area contributed by atoms with E-state index in [1.54, 1.807) is 11.9 Å². The third kappa shape index (κ3) is 4.47. The number of rotatable bonds is 4. The molecule has 1 aliphatic heterocycles. The Morgan fingerprint density at radius 1 is 1.35 bits per heavy atom. The highest BCUT2D eigenvalue weighted by atomic mass is 16.2. The van der Waals surface area contributed by atoms with Crippen LogP contribution in [-0.2, 0) is 9.59 Å². The van der Waals surface area contributed by atoms with Crippen molar-refractivity contribution in [2.45, 2.75) is 52.5 Å². The maximum absolute atomic E-state index is 12.7. The van der Waals surface area contributed by atoms with E-state index in [0.29, 0.717) is 6.54 Å². The zero-order valence-corrected chi connectivity index (χ0v) is 13.5. The van der Waals surface area contributed by atoms with Crippen molar-refractivity contribution in [3.8, 4) is 0 Å². The van der Waals surface area contributed by atoms with Crippen LogP contribution in [0, 0.1) is 5.41 Å².